The van der Waals surface area contributed by atoms with Crippen molar-refractivity contribution in [2.75, 3.05) is 6.61 Å². The lowest BCUT2D eigenvalue weighted by Crippen LogP contribution is -2.37. The molecule has 3 atom stereocenters. The van der Waals surface area contributed by atoms with Crippen molar-refractivity contribution in [1.29, 1.82) is 0 Å². The van der Waals surface area contributed by atoms with E-state index in [1.807, 2.05) is 0 Å². The van der Waals surface area contributed by atoms with Gasteiger partial charge in [0.05, 0.1) is 12.6 Å². The van der Waals surface area contributed by atoms with Crippen LogP contribution in [0.4, 0.5) is 0 Å². The van der Waals surface area contributed by atoms with E-state index < -0.39 is 0 Å². The fraction of sp³-hybridized carbons (Fsp3) is 0.800. The molecule has 2 aliphatic rings. The van der Waals surface area contributed by atoms with Crippen LogP contribution in [-0.4, -0.2) is 31.0 Å². The van der Waals surface area contributed by atoms with E-state index in [2.05, 4.69) is 4.99 Å². The first kappa shape index (κ1) is 11.8. The average Bonchev–Trinajstić information content (AvgIpc) is 2.35. The zero-order valence-corrected chi connectivity index (χ0v) is 7.81. The van der Waals surface area contributed by atoms with Crippen molar-refractivity contribution in [1.82, 2.24) is 0 Å². The maximum Gasteiger partial charge on any atom is 0.285 e. The molecule has 0 bridgehead atoms. The third kappa shape index (κ3) is 1.74. The van der Waals surface area contributed by atoms with Crippen LogP contribution in [0, 0.1) is 0 Å². The summed E-state index contributed by atoms with van der Waals surface area (Å²) in [6, 6.07) is 0.0972. The van der Waals surface area contributed by atoms with Gasteiger partial charge in [-0.05, 0) is 0 Å². The Labute approximate surface area is 82.3 Å². The van der Waals surface area contributed by atoms with Crippen molar-refractivity contribution < 1.29 is 9.47 Å². The minimum Gasteiger partial charge on any atom is -0.455 e. The van der Waals surface area contributed by atoms with Crippen LogP contribution in [0.25, 0.3) is 0 Å². The summed E-state index contributed by atoms with van der Waals surface area (Å²) in [6.45, 7) is 0.506. The highest BCUT2D eigenvalue weighted by molar-refractivity contribution is 5.85. The van der Waals surface area contributed by atoms with Gasteiger partial charge in [-0.3, -0.25) is 0 Å². The van der Waals surface area contributed by atoms with Crippen molar-refractivity contribution in [2.24, 2.45) is 16.5 Å². The molecule has 0 aliphatic carbocycles. The third-order valence-electron chi connectivity index (χ3n) is 1.67. The zero-order chi connectivity index (χ0) is 7.14. The van der Waals surface area contributed by atoms with Gasteiger partial charge in [0.2, 0.25) is 0 Å². The Morgan fingerprint density at radius 2 is 2.08 bits per heavy atom. The van der Waals surface area contributed by atoms with Crippen LogP contribution in [0.3, 0.4) is 0 Å². The summed E-state index contributed by atoms with van der Waals surface area (Å²) >= 11 is 0. The highest BCUT2D eigenvalue weighted by atomic mass is 35.5. The summed E-state index contributed by atoms with van der Waals surface area (Å²) in [4.78, 5) is 3.87. The van der Waals surface area contributed by atoms with Crippen LogP contribution in [0.2, 0.25) is 0 Å². The van der Waals surface area contributed by atoms with Gasteiger partial charge >= 0.3 is 0 Å². The molecule has 0 aromatic carbocycles. The lowest BCUT2D eigenvalue weighted by Gasteiger charge is -2.09. The molecule has 7 heteroatoms. The lowest BCUT2D eigenvalue weighted by molar-refractivity contribution is 0.0797. The van der Waals surface area contributed by atoms with E-state index in [9.17, 15) is 0 Å². The highest BCUT2D eigenvalue weighted by Gasteiger charge is 2.41. The van der Waals surface area contributed by atoms with Crippen molar-refractivity contribution in [3.63, 3.8) is 0 Å². The molecule has 0 aromatic heterocycles. The second-order valence-corrected chi connectivity index (χ2v) is 2.44. The third-order valence-corrected chi connectivity index (χ3v) is 1.67. The Balaban J connectivity index is 0.000000605. The quantitative estimate of drug-likeness (QED) is 0.556. The minimum absolute atomic E-state index is 0. The molecule has 0 radical (unpaired) electrons. The van der Waals surface area contributed by atoms with Crippen molar-refractivity contribution in [3.05, 3.63) is 0 Å². The SMILES string of the molecule is Cl.Cl.NC1=N[C@H]2OC[C@@H](N)[C@H]2O1. The van der Waals surface area contributed by atoms with Crippen molar-refractivity contribution in [3.8, 4) is 0 Å². The maximum atomic E-state index is 5.60. The molecule has 4 N–H and O–H groups in total. The highest BCUT2D eigenvalue weighted by Crippen LogP contribution is 2.21. The molecule has 2 heterocycles. The molecular formula is C5H11Cl2N3O2. The number of ether oxygens (including phenoxy) is 2. The molecule has 0 amide bonds. The van der Waals surface area contributed by atoms with Gasteiger partial charge in [-0.25, -0.2) is 0 Å². The number of fused-ring (bicyclic) bond motifs is 1. The van der Waals surface area contributed by atoms with Gasteiger partial charge < -0.3 is 20.9 Å². The molecule has 0 aromatic rings. The normalized spacial score (nSPS) is 37.1. The van der Waals surface area contributed by atoms with Crippen LogP contribution in [0.5, 0.6) is 0 Å². The van der Waals surface area contributed by atoms with E-state index in [1.165, 1.54) is 0 Å². The number of aliphatic imine (C=N–C) groups is 1. The molecular weight excluding hydrogens is 205 g/mol. The fourth-order valence-corrected chi connectivity index (χ4v) is 1.16. The molecule has 0 spiro atoms. The molecule has 0 saturated carbocycles. The number of nitrogens with two attached hydrogens (primary N) is 2. The maximum absolute atomic E-state index is 5.60. The largest absolute Gasteiger partial charge is 0.455 e. The monoisotopic (exact) mass is 215 g/mol. The lowest BCUT2D eigenvalue weighted by atomic mass is 10.2. The van der Waals surface area contributed by atoms with Gasteiger partial charge in [0.1, 0.15) is 0 Å². The Morgan fingerprint density at radius 1 is 1.42 bits per heavy atom. The van der Waals surface area contributed by atoms with E-state index in [0.717, 1.165) is 0 Å². The van der Waals surface area contributed by atoms with E-state index in [4.69, 9.17) is 20.9 Å². The van der Waals surface area contributed by atoms with Crippen molar-refractivity contribution >= 4 is 30.8 Å². The van der Waals surface area contributed by atoms with E-state index in [1.54, 1.807) is 0 Å². The first-order valence-electron chi connectivity index (χ1n) is 3.14. The summed E-state index contributed by atoms with van der Waals surface area (Å²) in [5.41, 5.74) is 10.9. The summed E-state index contributed by atoms with van der Waals surface area (Å²) in [6.07, 6.45) is -0.407. The number of hydrogen-bond acceptors (Lipinski definition) is 5. The predicted octanol–water partition coefficient (Wildman–Crippen LogP) is -0.773. The Hall–Kier alpha value is -0.230. The first-order chi connectivity index (χ1) is 4.77. The molecule has 72 valence electrons. The fourth-order valence-electron chi connectivity index (χ4n) is 1.16. The van der Waals surface area contributed by atoms with Crippen LogP contribution >= 0.6 is 24.8 Å². The first-order valence-corrected chi connectivity index (χ1v) is 3.14. The molecule has 2 rings (SSSR count). The molecule has 5 nitrogen and oxygen atoms in total. The predicted molar refractivity (Wildman–Crippen MR) is 48.7 cm³/mol. The summed E-state index contributed by atoms with van der Waals surface area (Å²) < 4.78 is 10.2. The van der Waals surface area contributed by atoms with Gasteiger partial charge in [-0.2, -0.15) is 4.99 Å². The van der Waals surface area contributed by atoms with E-state index >= 15 is 0 Å². The standard InChI is InChI=1S/C5H9N3O2.2ClH/c6-2-1-9-4-3(2)10-5(7)8-4;;/h2-4H,1,6H2,(H2,7,8);2*1H/t2-,3-,4+;;/m1../s1. The van der Waals surface area contributed by atoms with Gasteiger partial charge in [0.15, 0.2) is 12.3 Å². The van der Waals surface area contributed by atoms with Crippen LogP contribution in [0.1, 0.15) is 0 Å². The van der Waals surface area contributed by atoms with E-state index in [-0.39, 0.29) is 49.2 Å². The second-order valence-electron chi connectivity index (χ2n) is 2.44. The molecule has 1 saturated heterocycles. The van der Waals surface area contributed by atoms with Gasteiger partial charge in [0.25, 0.3) is 6.02 Å². The van der Waals surface area contributed by atoms with Crippen molar-refractivity contribution in [2.45, 2.75) is 18.4 Å². The van der Waals surface area contributed by atoms with Gasteiger partial charge in [-0.15, -0.1) is 24.8 Å². The molecule has 12 heavy (non-hydrogen) atoms. The van der Waals surface area contributed by atoms with Gasteiger partial charge in [0, 0.05) is 0 Å². The number of halogens is 2. The average molecular weight is 216 g/mol. The Bertz CT molecular complexity index is 190. The molecule has 1 fully saturated rings. The summed E-state index contributed by atoms with van der Waals surface area (Å²) in [5.74, 6) is 0. The Kier molecular flexibility index (Phi) is 4.05. The van der Waals surface area contributed by atoms with E-state index in [0.29, 0.717) is 6.61 Å². The summed E-state index contributed by atoms with van der Waals surface area (Å²) in [5, 5.41) is 0. The summed E-state index contributed by atoms with van der Waals surface area (Å²) in [7, 11) is 0. The molecule has 0 unspecified atom stereocenters. The second kappa shape index (κ2) is 4.13. The minimum atomic E-state index is -0.255. The topological polar surface area (TPSA) is 82.9 Å². The molecule has 2 aliphatic heterocycles. The zero-order valence-electron chi connectivity index (χ0n) is 6.17. The smallest absolute Gasteiger partial charge is 0.285 e. The number of rotatable bonds is 0. The number of nitrogens with zero attached hydrogens (tertiary/aromatic N) is 1. The van der Waals surface area contributed by atoms with Crippen LogP contribution in [-0.2, 0) is 9.47 Å². The van der Waals surface area contributed by atoms with Crippen LogP contribution in [0.15, 0.2) is 4.99 Å². The van der Waals surface area contributed by atoms with Gasteiger partial charge in [-0.1, -0.05) is 0 Å². The number of amidine groups is 1. The number of hydrogen-bond donors (Lipinski definition) is 2. The Morgan fingerprint density at radius 3 is 2.67 bits per heavy atom. The van der Waals surface area contributed by atoms with Crippen LogP contribution < -0.4 is 11.5 Å².